The highest BCUT2D eigenvalue weighted by atomic mass is 16.5. The summed E-state index contributed by atoms with van der Waals surface area (Å²) in [5.74, 6) is 0.914. The zero-order valence-electron chi connectivity index (χ0n) is 12.5. The molecule has 1 aliphatic carbocycles. The molecule has 4 nitrogen and oxygen atoms in total. The topological polar surface area (TPSA) is 47.3 Å². The minimum Gasteiger partial charge on any atom is -0.508 e. The van der Waals surface area contributed by atoms with E-state index >= 15 is 0 Å². The Morgan fingerprint density at radius 2 is 2.05 bits per heavy atom. The van der Waals surface area contributed by atoms with Gasteiger partial charge in [0, 0.05) is 12.3 Å². The van der Waals surface area contributed by atoms with E-state index in [1.54, 1.807) is 12.1 Å². The fourth-order valence-corrected chi connectivity index (χ4v) is 2.97. The van der Waals surface area contributed by atoms with E-state index in [9.17, 15) is 5.11 Å². The van der Waals surface area contributed by atoms with Gasteiger partial charge in [-0.2, -0.15) is 5.10 Å². The molecule has 21 heavy (non-hydrogen) atoms. The molecule has 112 valence electrons. The van der Waals surface area contributed by atoms with Crippen LogP contribution in [0.25, 0.3) is 0 Å². The molecule has 1 saturated carbocycles. The summed E-state index contributed by atoms with van der Waals surface area (Å²) in [6, 6.07) is 7.83. The van der Waals surface area contributed by atoms with Crippen LogP contribution in [0, 0.1) is 6.92 Å². The van der Waals surface area contributed by atoms with Crippen molar-refractivity contribution in [3.63, 3.8) is 0 Å². The van der Waals surface area contributed by atoms with E-state index in [0.717, 1.165) is 11.3 Å². The summed E-state index contributed by atoms with van der Waals surface area (Å²) < 4.78 is 7.81. The number of ether oxygens (including phenoxy) is 1. The van der Waals surface area contributed by atoms with Gasteiger partial charge in [-0.25, -0.2) is 0 Å². The molecule has 0 spiro atoms. The molecule has 0 bridgehead atoms. The van der Waals surface area contributed by atoms with Crippen molar-refractivity contribution in [2.75, 3.05) is 0 Å². The lowest BCUT2D eigenvalue weighted by Gasteiger charge is -2.21. The number of hydrogen-bond donors (Lipinski definition) is 1. The lowest BCUT2D eigenvalue weighted by atomic mass is 9.96. The van der Waals surface area contributed by atoms with E-state index in [1.165, 1.54) is 32.1 Å². The third-order valence-electron chi connectivity index (χ3n) is 4.03. The molecule has 2 aromatic rings. The first-order valence-corrected chi connectivity index (χ1v) is 7.68. The summed E-state index contributed by atoms with van der Waals surface area (Å²) in [6.07, 6.45) is 8.48. The van der Waals surface area contributed by atoms with Gasteiger partial charge in [0.1, 0.15) is 18.1 Å². The van der Waals surface area contributed by atoms with Gasteiger partial charge in [0.05, 0.1) is 11.7 Å². The van der Waals surface area contributed by atoms with Gasteiger partial charge >= 0.3 is 0 Å². The predicted octanol–water partition coefficient (Wildman–Crippen LogP) is 3.98. The van der Waals surface area contributed by atoms with Crippen molar-refractivity contribution in [2.24, 2.45) is 0 Å². The van der Waals surface area contributed by atoms with Crippen LogP contribution >= 0.6 is 0 Å². The minimum atomic E-state index is 0.234. The summed E-state index contributed by atoms with van der Waals surface area (Å²) >= 11 is 0. The number of aromatic nitrogens is 2. The maximum absolute atomic E-state index is 9.57. The van der Waals surface area contributed by atoms with Crippen molar-refractivity contribution in [1.29, 1.82) is 0 Å². The summed E-state index contributed by atoms with van der Waals surface area (Å²) in [5, 5.41) is 14.2. The van der Waals surface area contributed by atoms with Crippen molar-refractivity contribution in [1.82, 2.24) is 9.78 Å². The molecular weight excluding hydrogens is 264 g/mol. The van der Waals surface area contributed by atoms with Gasteiger partial charge in [-0.3, -0.25) is 4.68 Å². The van der Waals surface area contributed by atoms with E-state index in [4.69, 9.17) is 4.74 Å². The molecule has 0 amide bonds. The highest BCUT2D eigenvalue weighted by Crippen LogP contribution is 2.27. The first-order valence-electron chi connectivity index (χ1n) is 7.68. The second kappa shape index (κ2) is 6.20. The van der Waals surface area contributed by atoms with Crippen LogP contribution in [-0.4, -0.2) is 14.9 Å². The largest absolute Gasteiger partial charge is 0.508 e. The average molecular weight is 286 g/mol. The number of rotatable bonds is 4. The molecule has 0 saturated heterocycles. The second-order valence-electron chi connectivity index (χ2n) is 5.87. The SMILES string of the molecule is Cc1cc(O)cc(OCc2ccn(C3CCCCC3)n2)c1. The van der Waals surface area contributed by atoms with Gasteiger partial charge in [0.15, 0.2) is 0 Å². The molecule has 3 rings (SSSR count). The highest BCUT2D eigenvalue weighted by Gasteiger charge is 2.16. The maximum atomic E-state index is 9.57. The standard InChI is InChI=1S/C17H22N2O2/c1-13-9-16(20)11-17(10-13)21-12-14-7-8-19(18-14)15-5-3-2-4-6-15/h7-11,15,20H,2-6,12H2,1H3. The Morgan fingerprint density at radius 3 is 2.81 bits per heavy atom. The van der Waals surface area contributed by atoms with Crippen molar-refractivity contribution < 1.29 is 9.84 Å². The monoisotopic (exact) mass is 286 g/mol. The molecule has 1 N–H and O–H groups in total. The number of benzene rings is 1. The van der Waals surface area contributed by atoms with Crippen molar-refractivity contribution >= 4 is 0 Å². The van der Waals surface area contributed by atoms with E-state index < -0.39 is 0 Å². The smallest absolute Gasteiger partial charge is 0.132 e. The number of hydrogen-bond acceptors (Lipinski definition) is 3. The predicted molar refractivity (Wildman–Crippen MR) is 81.5 cm³/mol. The third-order valence-corrected chi connectivity index (χ3v) is 4.03. The molecule has 0 aliphatic heterocycles. The number of phenolic OH excluding ortho intramolecular Hbond substituents is 1. The molecule has 1 aliphatic rings. The molecule has 1 aromatic carbocycles. The molecule has 1 heterocycles. The number of nitrogens with zero attached hydrogens (tertiary/aromatic N) is 2. The van der Waals surface area contributed by atoms with Crippen LogP contribution in [0.5, 0.6) is 11.5 Å². The van der Waals surface area contributed by atoms with Gasteiger partial charge in [-0.05, 0) is 43.5 Å². The van der Waals surface area contributed by atoms with E-state index in [-0.39, 0.29) is 5.75 Å². The number of phenols is 1. The fraction of sp³-hybridized carbons (Fsp3) is 0.471. The van der Waals surface area contributed by atoms with Gasteiger partial charge in [0.25, 0.3) is 0 Å². The first kappa shape index (κ1) is 14.0. The average Bonchev–Trinajstić information content (AvgIpc) is 2.94. The van der Waals surface area contributed by atoms with Crippen LogP contribution in [0.4, 0.5) is 0 Å². The van der Waals surface area contributed by atoms with E-state index in [1.807, 2.05) is 19.1 Å². The molecular formula is C17H22N2O2. The number of aromatic hydroxyl groups is 1. The molecule has 4 heteroatoms. The van der Waals surface area contributed by atoms with Gasteiger partial charge in [-0.1, -0.05) is 19.3 Å². The lowest BCUT2D eigenvalue weighted by molar-refractivity contribution is 0.289. The van der Waals surface area contributed by atoms with Crippen LogP contribution in [0.1, 0.15) is 49.4 Å². The Balaban J connectivity index is 1.61. The summed E-state index contributed by atoms with van der Waals surface area (Å²) in [7, 11) is 0. The molecule has 0 unspecified atom stereocenters. The maximum Gasteiger partial charge on any atom is 0.132 e. The highest BCUT2D eigenvalue weighted by molar-refractivity contribution is 5.36. The summed E-state index contributed by atoms with van der Waals surface area (Å²) in [5.41, 5.74) is 1.92. The lowest BCUT2D eigenvalue weighted by Crippen LogP contribution is -2.13. The number of aryl methyl sites for hydroxylation is 1. The Labute approximate surface area is 125 Å². The van der Waals surface area contributed by atoms with Crippen LogP contribution in [0.3, 0.4) is 0 Å². The van der Waals surface area contributed by atoms with Gasteiger partial charge in [-0.15, -0.1) is 0 Å². The van der Waals surface area contributed by atoms with E-state index in [0.29, 0.717) is 18.4 Å². The summed E-state index contributed by atoms with van der Waals surface area (Å²) in [4.78, 5) is 0. The minimum absolute atomic E-state index is 0.234. The molecule has 1 aromatic heterocycles. The molecule has 0 radical (unpaired) electrons. The Kier molecular flexibility index (Phi) is 4.13. The van der Waals surface area contributed by atoms with Gasteiger partial charge in [0.2, 0.25) is 0 Å². The van der Waals surface area contributed by atoms with Crippen molar-refractivity contribution in [2.45, 2.75) is 51.7 Å². The zero-order valence-corrected chi connectivity index (χ0v) is 12.5. The van der Waals surface area contributed by atoms with E-state index in [2.05, 4.69) is 16.0 Å². The second-order valence-corrected chi connectivity index (χ2v) is 5.87. The van der Waals surface area contributed by atoms with Crippen molar-refractivity contribution in [3.05, 3.63) is 41.7 Å². The van der Waals surface area contributed by atoms with Crippen LogP contribution < -0.4 is 4.74 Å². The Morgan fingerprint density at radius 1 is 1.24 bits per heavy atom. The molecule has 1 fully saturated rings. The normalized spacial score (nSPS) is 16.0. The third kappa shape index (κ3) is 3.57. The van der Waals surface area contributed by atoms with Crippen LogP contribution in [0.2, 0.25) is 0 Å². The first-order chi connectivity index (χ1) is 10.2. The Bertz CT molecular complexity index is 580. The van der Waals surface area contributed by atoms with Gasteiger partial charge < -0.3 is 9.84 Å². The fourth-order valence-electron chi connectivity index (χ4n) is 2.97. The van der Waals surface area contributed by atoms with Crippen LogP contribution in [-0.2, 0) is 6.61 Å². The zero-order chi connectivity index (χ0) is 14.7. The van der Waals surface area contributed by atoms with Crippen LogP contribution in [0.15, 0.2) is 30.5 Å². The quantitative estimate of drug-likeness (QED) is 0.924. The Hall–Kier alpha value is -1.97. The van der Waals surface area contributed by atoms with Crippen molar-refractivity contribution in [3.8, 4) is 11.5 Å². The molecule has 0 atom stereocenters. The summed E-state index contributed by atoms with van der Waals surface area (Å²) in [6.45, 7) is 2.37.